The molecular formula is C14H18N3O3+. The molecule has 3 rings (SSSR count). The van der Waals surface area contributed by atoms with Gasteiger partial charge in [-0.2, -0.15) is 5.10 Å². The maximum absolute atomic E-state index is 11.7. The molecular weight excluding hydrogens is 258 g/mol. The fourth-order valence-electron chi connectivity index (χ4n) is 2.49. The summed E-state index contributed by atoms with van der Waals surface area (Å²) in [6.45, 7) is 2.92. The number of rotatable bonds is 4. The number of hydrogen-bond acceptors (Lipinski definition) is 4. The van der Waals surface area contributed by atoms with Gasteiger partial charge in [0.05, 0.1) is 19.3 Å². The van der Waals surface area contributed by atoms with Crippen molar-refractivity contribution in [2.45, 2.75) is 12.8 Å². The molecule has 0 saturated carbocycles. The fraction of sp³-hybridized carbons (Fsp3) is 0.429. The number of fused-ring (bicyclic) bond motifs is 1. The molecule has 1 fully saturated rings. The summed E-state index contributed by atoms with van der Waals surface area (Å²) < 4.78 is 10.5. The van der Waals surface area contributed by atoms with E-state index in [1.165, 1.54) is 17.7 Å². The Hall–Kier alpha value is -2.08. The number of carbonyl (C=O) groups is 1. The van der Waals surface area contributed by atoms with E-state index in [4.69, 9.17) is 9.47 Å². The number of benzene rings is 1. The monoisotopic (exact) mass is 276 g/mol. The molecule has 1 saturated heterocycles. The van der Waals surface area contributed by atoms with Crippen LogP contribution in [-0.2, 0) is 4.79 Å². The van der Waals surface area contributed by atoms with Gasteiger partial charge in [-0.3, -0.25) is 4.79 Å². The molecule has 6 heteroatoms. The first-order valence-electron chi connectivity index (χ1n) is 6.86. The summed E-state index contributed by atoms with van der Waals surface area (Å²) in [5.41, 5.74) is 3.43. The number of quaternary nitrogens is 1. The molecule has 0 atom stereocenters. The van der Waals surface area contributed by atoms with Crippen molar-refractivity contribution in [3.05, 3.63) is 23.8 Å². The van der Waals surface area contributed by atoms with E-state index in [0.29, 0.717) is 12.3 Å². The lowest BCUT2D eigenvalue weighted by molar-refractivity contribution is -0.879. The average Bonchev–Trinajstić information content (AvgIpc) is 3.09. The number of carbonyl (C=O) groups excluding carboxylic acids is 1. The van der Waals surface area contributed by atoms with Crippen molar-refractivity contribution in [2.24, 2.45) is 5.10 Å². The SMILES string of the molecule is O=C(C[NH+]1CCCC1)N/N=C\c1ccc2c(c1)OCO2. The zero-order valence-corrected chi connectivity index (χ0v) is 11.2. The Labute approximate surface area is 117 Å². The van der Waals surface area contributed by atoms with E-state index in [-0.39, 0.29) is 12.7 Å². The molecule has 0 unspecified atom stereocenters. The minimum Gasteiger partial charge on any atom is -0.454 e. The molecule has 1 amide bonds. The topological polar surface area (TPSA) is 64.4 Å². The lowest BCUT2D eigenvalue weighted by atomic mass is 10.2. The lowest BCUT2D eigenvalue weighted by Gasteiger charge is -2.09. The van der Waals surface area contributed by atoms with Gasteiger partial charge in [-0.15, -0.1) is 0 Å². The highest BCUT2D eigenvalue weighted by atomic mass is 16.7. The van der Waals surface area contributed by atoms with E-state index in [9.17, 15) is 4.79 Å². The molecule has 2 aliphatic rings. The molecule has 2 N–H and O–H groups in total. The molecule has 0 aromatic heterocycles. The second-order valence-electron chi connectivity index (χ2n) is 5.04. The van der Waals surface area contributed by atoms with Gasteiger partial charge in [0, 0.05) is 12.8 Å². The number of hydrogen-bond donors (Lipinski definition) is 2. The minimum absolute atomic E-state index is 0.0427. The van der Waals surface area contributed by atoms with Crippen molar-refractivity contribution in [1.29, 1.82) is 0 Å². The first kappa shape index (κ1) is 12.9. The summed E-state index contributed by atoms with van der Waals surface area (Å²) >= 11 is 0. The number of hydrazone groups is 1. The van der Waals surface area contributed by atoms with Crippen molar-refractivity contribution < 1.29 is 19.2 Å². The van der Waals surface area contributed by atoms with E-state index in [0.717, 1.165) is 24.4 Å². The molecule has 6 nitrogen and oxygen atoms in total. The molecule has 1 aromatic carbocycles. The summed E-state index contributed by atoms with van der Waals surface area (Å²) in [6, 6.07) is 5.54. The average molecular weight is 276 g/mol. The van der Waals surface area contributed by atoms with Crippen LogP contribution in [0.5, 0.6) is 11.5 Å². The molecule has 2 heterocycles. The van der Waals surface area contributed by atoms with Gasteiger partial charge in [0.2, 0.25) is 6.79 Å². The van der Waals surface area contributed by atoms with Crippen LogP contribution in [0.3, 0.4) is 0 Å². The second kappa shape index (κ2) is 5.92. The third kappa shape index (κ3) is 3.08. The number of nitrogens with zero attached hydrogens (tertiary/aromatic N) is 1. The highest BCUT2D eigenvalue weighted by Gasteiger charge is 2.18. The molecule has 2 aliphatic heterocycles. The highest BCUT2D eigenvalue weighted by molar-refractivity contribution is 5.83. The zero-order chi connectivity index (χ0) is 13.8. The molecule has 0 radical (unpaired) electrons. The predicted molar refractivity (Wildman–Crippen MR) is 73.1 cm³/mol. The molecule has 0 spiro atoms. The first-order valence-corrected chi connectivity index (χ1v) is 6.86. The Balaban J connectivity index is 1.51. The van der Waals surface area contributed by atoms with Crippen LogP contribution in [0.2, 0.25) is 0 Å². The van der Waals surface area contributed by atoms with Crippen LogP contribution in [-0.4, -0.2) is 38.5 Å². The van der Waals surface area contributed by atoms with Gasteiger partial charge < -0.3 is 14.4 Å². The van der Waals surface area contributed by atoms with E-state index in [1.54, 1.807) is 6.21 Å². The quantitative estimate of drug-likeness (QED) is 0.578. The van der Waals surface area contributed by atoms with Crippen molar-refractivity contribution in [3.8, 4) is 11.5 Å². The van der Waals surface area contributed by atoms with Gasteiger partial charge in [0.15, 0.2) is 18.0 Å². The zero-order valence-electron chi connectivity index (χ0n) is 11.2. The normalized spacial score (nSPS) is 17.8. The van der Waals surface area contributed by atoms with Gasteiger partial charge in [-0.05, 0) is 23.8 Å². The van der Waals surface area contributed by atoms with Crippen molar-refractivity contribution >= 4 is 12.1 Å². The van der Waals surface area contributed by atoms with Crippen LogP contribution >= 0.6 is 0 Å². The van der Waals surface area contributed by atoms with Crippen molar-refractivity contribution in [2.75, 3.05) is 26.4 Å². The van der Waals surface area contributed by atoms with Crippen LogP contribution in [0.4, 0.5) is 0 Å². The Bertz CT molecular complexity index is 524. The van der Waals surface area contributed by atoms with Crippen LogP contribution in [0, 0.1) is 0 Å². The predicted octanol–water partition coefficient (Wildman–Crippen LogP) is -0.456. The number of ether oxygens (including phenoxy) is 2. The van der Waals surface area contributed by atoms with Gasteiger partial charge in [-0.1, -0.05) is 0 Å². The van der Waals surface area contributed by atoms with E-state index in [1.807, 2.05) is 18.2 Å². The summed E-state index contributed by atoms with van der Waals surface area (Å²) in [4.78, 5) is 13.0. The lowest BCUT2D eigenvalue weighted by Crippen LogP contribution is -3.11. The maximum atomic E-state index is 11.7. The summed E-state index contributed by atoms with van der Waals surface area (Å²) in [7, 11) is 0. The second-order valence-corrected chi connectivity index (χ2v) is 5.04. The third-order valence-corrected chi connectivity index (χ3v) is 3.52. The van der Waals surface area contributed by atoms with Gasteiger partial charge >= 0.3 is 0 Å². The number of nitrogens with one attached hydrogen (secondary N) is 2. The number of amides is 1. The van der Waals surface area contributed by atoms with Crippen LogP contribution in [0.15, 0.2) is 23.3 Å². The highest BCUT2D eigenvalue weighted by Crippen LogP contribution is 2.31. The maximum Gasteiger partial charge on any atom is 0.295 e. The van der Waals surface area contributed by atoms with Crippen LogP contribution < -0.4 is 19.8 Å². The summed E-state index contributed by atoms with van der Waals surface area (Å²) in [5.74, 6) is 1.41. The number of likely N-dealkylation sites (tertiary alicyclic amines) is 1. The molecule has 0 aliphatic carbocycles. The Morgan fingerprint density at radius 1 is 1.30 bits per heavy atom. The molecule has 0 bridgehead atoms. The van der Waals surface area contributed by atoms with Crippen LogP contribution in [0.25, 0.3) is 0 Å². The van der Waals surface area contributed by atoms with Crippen molar-refractivity contribution in [3.63, 3.8) is 0 Å². The van der Waals surface area contributed by atoms with Gasteiger partial charge in [0.25, 0.3) is 5.91 Å². The Kier molecular flexibility index (Phi) is 3.83. The molecule has 1 aromatic rings. The molecule has 20 heavy (non-hydrogen) atoms. The Morgan fingerprint density at radius 2 is 2.10 bits per heavy atom. The Morgan fingerprint density at radius 3 is 2.95 bits per heavy atom. The minimum atomic E-state index is -0.0427. The van der Waals surface area contributed by atoms with Gasteiger partial charge in [-0.25, -0.2) is 5.43 Å². The smallest absolute Gasteiger partial charge is 0.295 e. The largest absolute Gasteiger partial charge is 0.454 e. The van der Waals surface area contributed by atoms with E-state index >= 15 is 0 Å². The first-order chi connectivity index (χ1) is 9.81. The fourth-order valence-corrected chi connectivity index (χ4v) is 2.49. The summed E-state index contributed by atoms with van der Waals surface area (Å²) in [6.07, 6.45) is 4.03. The standard InChI is InChI=1S/C14H17N3O3/c18-14(9-17-5-1-2-6-17)16-15-8-11-3-4-12-13(7-11)20-10-19-12/h3-4,7-8H,1-2,5-6,9-10H2,(H,16,18)/p+1/b15-8-. The third-order valence-electron chi connectivity index (χ3n) is 3.52. The van der Waals surface area contributed by atoms with Crippen LogP contribution in [0.1, 0.15) is 18.4 Å². The van der Waals surface area contributed by atoms with E-state index < -0.39 is 0 Å². The van der Waals surface area contributed by atoms with Gasteiger partial charge in [0.1, 0.15) is 0 Å². The van der Waals surface area contributed by atoms with E-state index in [2.05, 4.69) is 10.5 Å². The summed E-state index contributed by atoms with van der Waals surface area (Å²) in [5, 5.41) is 3.97. The molecule has 106 valence electrons. The van der Waals surface area contributed by atoms with Crippen molar-refractivity contribution in [1.82, 2.24) is 5.43 Å².